The number of rotatable bonds is 0. The molecule has 0 aliphatic carbocycles. The average molecular weight is 290 g/mol. The fraction of sp³-hybridized carbons (Fsp3) is 0. The van der Waals surface area contributed by atoms with E-state index in [1.54, 1.807) is 12.4 Å². The zero-order chi connectivity index (χ0) is 8.55. The normalized spacial score (nSPS) is 10.5. The lowest BCUT2D eigenvalue weighted by Crippen LogP contribution is -1.91. The molecule has 0 fully saturated rings. The largest absolute Gasteiger partial charge is 0.232 e. The summed E-state index contributed by atoms with van der Waals surface area (Å²) in [7, 11) is 0. The number of aromatic nitrogens is 4. The van der Waals surface area contributed by atoms with Crippen molar-refractivity contribution in [1.29, 1.82) is 0 Å². The molecule has 0 aliphatic heterocycles. The van der Waals surface area contributed by atoms with Crippen LogP contribution < -0.4 is 0 Å². The van der Waals surface area contributed by atoms with Gasteiger partial charge in [-0.3, -0.25) is 0 Å². The third kappa shape index (κ3) is 1.32. The molecule has 4 nitrogen and oxygen atoms in total. The first-order chi connectivity index (χ1) is 5.77. The van der Waals surface area contributed by atoms with Crippen LogP contribution in [0.15, 0.2) is 21.6 Å². The second-order valence-electron chi connectivity index (χ2n) is 2.01. The van der Waals surface area contributed by atoms with E-state index in [4.69, 9.17) is 0 Å². The predicted molar refractivity (Wildman–Crippen MR) is 50.5 cm³/mol. The van der Waals surface area contributed by atoms with Gasteiger partial charge in [0, 0.05) is 12.4 Å². The smallest absolute Gasteiger partial charge is 0.198 e. The first-order valence-electron chi connectivity index (χ1n) is 3.07. The van der Waals surface area contributed by atoms with Crippen molar-refractivity contribution in [3.8, 4) is 0 Å². The van der Waals surface area contributed by atoms with Crippen molar-refractivity contribution in [2.24, 2.45) is 0 Å². The van der Waals surface area contributed by atoms with Crippen molar-refractivity contribution >= 4 is 43.2 Å². The summed E-state index contributed by atoms with van der Waals surface area (Å²) in [4.78, 5) is 16.2. The number of hydrogen-bond acceptors (Lipinski definition) is 4. The Morgan fingerprint density at radius 1 is 0.833 bits per heavy atom. The summed E-state index contributed by atoms with van der Waals surface area (Å²) < 4.78 is 1.27. The monoisotopic (exact) mass is 288 g/mol. The minimum absolute atomic E-state index is 0.535. The zero-order valence-corrected chi connectivity index (χ0v) is 8.87. The van der Waals surface area contributed by atoms with Crippen LogP contribution in [0.3, 0.4) is 0 Å². The number of hydrogen-bond donors (Lipinski definition) is 0. The van der Waals surface area contributed by atoms with Crippen molar-refractivity contribution in [3.05, 3.63) is 21.6 Å². The molecule has 2 heterocycles. The molecule has 0 saturated heterocycles. The standard InChI is InChI=1S/C6H2Br2N4/c7-3-4(8)12-6-5(11-3)9-1-2-10-6/h1-2H. The van der Waals surface area contributed by atoms with Crippen LogP contribution in [-0.2, 0) is 0 Å². The second-order valence-corrected chi connectivity index (χ2v) is 3.51. The first kappa shape index (κ1) is 8.00. The molecule has 0 aromatic carbocycles. The maximum atomic E-state index is 4.11. The molecule has 0 saturated carbocycles. The van der Waals surface area contributed by atoms with Crippen LogP contribution in [0.25, 0.3) is 11.3 Å². The Morgan fingerprint density at radius 2 is 1.25 bits per heavy atom. The van der Waals surface area contributed by atoms with E-state index >= 15 is 0 Å². The highest BCUT2D eigenvalue weighted by Crippen LogP contribution is 2.19. The highest BCUT2D eigenvalue weighted by molar-refractivity contribution is 9.13. The van der Waals surface area contributed by atoms with Gasteiger partial charge in [-0.05, 0) is 31.9 Å². The predicted octanol–water partition coefficient (Wildman–Crippen LogP) is 1.94. The highest BCUT2D eigenvalue weighted by Gasteiger charge is 2.03. The van der Waals surface area contributed by atoms with Gasteiger partial charge in [0.25, 0.3) is 0 Å². The second kappa shape index (κ2) is 3.02. The molecule has 0 N–H and O–H groups in total. The van der Waals surface area contributed by atoms with E-state index < -0.39 is 0 Å². The molecule has 0 unspecified atom stereocenters. The Balaban J connectivity index is 2.84. The molecule has 0 spiro atoms. The molecule has 60 valence electrons. The third-order valence-corrected chi connectivity index (χ3v) is 2.88. The SMILES string of the molecule is Brc1nc2nccnc2nc1Br. The molecule has 0 amide bonds. The van der Waals surface area contributed by atoms with Gasteiger partial charge in [-0.25, -0.2) is 19.9 Å². The summed E-state index contributed by atoms with van der Waals surface area (Å²) >= 11 is 6.46. The topological polar surface area (TPSA) is 51.6 Å². The van der Waals surface area contributed by atoms with E-state index in [0.29, 0.717) is 20.5 Å². The molecular weight excluding hydrogens is 288 g/mol. The molecule has 2 aromatic rings. The zero-order valence-electron chi connectivity index (χ0n) is 5.70. The molecule has 2 rings (SSSR count). The molecule has 2 aromatic heterocycles. The van der Waals surface area contributed by atoms with Crippen molar-refractivity contribution in [2.45, 2.75) is 0 Å². The van der Waals surface area contributed by atoms with Crippen LogP contribution in [0.5, 0.6) is 0 Å². The Bertz CT molecular complexity index is 390. The van der Waals surface area contributed by atoms with Crippen molar-refractivity contribution in [1.82, 2.24) is 19.9 Å². The van der Waals surface area contributed by atoms with E-state index in [0.717, 1.165) is 0 Å². The lowest BCUT2D eigenvalue weighted by molar-refractivity contribution is 1.11. The van der Waals surface area contributed by atoms with E-state index in [1.165, 1.54) is 0 Å². The Hall–Kier alpha value is -0.620. The van der Waals surface area contributed by atoms with Gasteiger partial charge in [-0.1, -0.05) is 0 Å². The lowest BCUT2D eigenvalue weighted by atomic mass is 10.6. The first-order valence-corrected chi connectivity index (χ1v) is 4.66. The van der Waals surface area contributed by atoms with Crippen molar-refractivity contribution in [2.75, 3.05) is 0 Å². The fourth-order valence-corrected chi connectivity index (χ4v) is 1.27. The highest BCUT2D eigenvalue weighted by atomic mass is 79.9. The summed E-state index contributed by atoms with van der Waals surface area (Å²) in [6.07, 6.45) is 3.16. The Morgan fingerprint density at radius 3 is 1.67 bits per heavy atom. The molecular formula is C6H2Br2N4. The van der Waals surface area contributed by atoms with Crippen LogP contribution >= 0.6 is 31.9 Å². The number of halogens is 2. The van der Waals surface area contributed by atoms with Gasteiger partial charge in [-0.2, -0.15) is 0 Å². The summed E-state index contributed by atoms with van der Waals surface area (Å²) in [5.74, 6) is 0. The van der Waals surface area contributed by atoms with Gasteiger partial charge in [0.15, 0.2) is 11.3 Å². The minimum Gasteiger partial charge on any atom is -0.232 e. The van der Waals surface area contributed by atoms with E-state index in [9.17, 15) is 0 Å². The van der Waals surface area contributed by atoms with Crippen LogP contribution in [0, 0.1) is 0 Å². The summed E-state index contributed by atoms with van der Waals surface area (Å²) in [6.45, 7) is 0. The van der Waals surface area contributed by atoms with Crippen LogP contribution in [-0.4, -0.2) is 19.9 Å². The minimum atomic E-state index is 0.535. The van der Waals surface area contributed by atoms with Gasteiger partial charge >= 0.3 is 0 Å². The third-order valence-electron chi connectivity index (χ3n) is 1.24. The molecule has 0 aliphatic rings. The van der Waals surface area contributed by atoms with Crippen molar-refractivity contribution in [3.63, 3.8) is 0 Å². The van der Waals surface area contributed by atoms with E-state index in [2.05, 4.69) is 51.8 Å². The van der Waals surface area contributed by atoms with Gasteiger partial charge in [-0.15, -0.1) is 0 Å². The van der Waals surface area contributed by atoms with Gasteiger partial charge in [0.05, 0.1) is 0 Å². The van der Waals surface area contributed by atoms with E-state index in [-0.39, 0.29) is 0 Å². The van der Waals surface area contributed by atoms with Gasteiger partial charge in [0.2, 0.25) is 0 Å². The molecule has 0 atom stereocenters. The molecule has 6 heteroatoms. The van der Waals surface area contributed by atoms with Crippen molar-refractivity contribution < 1.29 is 0 Å². The van der Waals surface area contributed by atoms with Gasteiger partial charge in [0.1, 0.15) is 9.21 Å². The summed E-state index contributed by atoms with van der Waals surface area (Å²) in [6, 6.07) is 0. The Labute approximate surface area is 84.7 Å². The van der Waals surface area contributed by atoms with Crippen LogP contribution in [0.4, 0.5) is 0 Å². The fourth-order valence-electron chi connectivity index (χ4n) is 0.759. The Kier molecular flexibility index (Phi) is 2.02. The maximum Gasteiger partial charge on any atom is 0.198 e. The maximum absolute atomic E-state index is 4.11. The summed E-state index contributed by atoms with van der Waals surface area (Å²) in [5, 5.41) is 0. The number of fused-ring (bicyclic) bond motifs is 1. The van der Waals surface area contributed by atoms with Crippen LogP contribution in [0.2, 0.25) is 0 Å². The van der Waals surface area contributed by atoms with Gasteiger partial charge < -0.3 is 0 Å². The molecule has 0 bridgehead atoms. The average Bonchev–Trinajstić information content (AvgIpc) is 2.07. The molecule has 0 radical (unpaired) electrons. The quantitative estimate of drug-likeness (QED) is 0.744. The number of nitrogens with zero attached hydrogens (tertiary/aromatic N) is 4. The summed E-state index contributed by atoms with van der Waals surface area (Å²) in [5.41, 5.74) is 1.07. The van der Waals surface area contributed by atoms with Crippen LogP contribution in [0.1, 0.15) is 0 Å². The lowest BCUT2D eigenvalue weighted by Gasteiger charge is -1.96. The molecule has 12 heavy (non-hydrogen) atoms. The van der Waals surface area contributed by atoms with E-state index in [1.807, 2.05) is 0 Å².